The molecule has 2 rings (SSSR count). The highest BCUT2D eigenvalue weighted by Gasteiger charge is 2.53. The van der Waals surface area contributed by atoms with Crippen molar-refractivity contribution in [3.05, 3.63) is 35.9 Å². The van der Waals surface area contributed by atoms with Crippen LogP contribution in [-0.4, -0.2) is 59.8 Å². The third kappa shape index (κ3) is 7.34. The SMILES string of the molecule is CCOC(=O)C1CC1C(O)P(=O)(O)CC[C@H](NC(=O)OCc1ccccc1)C(=O)OC. The second-order valence-electron chi connectivity index (χ2n) is 7.22. The molecule has 172 valence electrons. The Balaban J connectivity index is 1.88. The van der Waals surface area contributed by atoms with Gasteiger partial charge in [-0.25, -0.2) is 9.59 Å². The van der Waals surface area contributed by atoms with E-state index in [-0.39, 0.29) is 26.1 Å². The van der Waals surface area contributed by atoms with Crippen molar-refractivity contribution in [3.63, 3.8) is 0 Å². The summed E-state index contributed by atoms with van der Waals surface area (Å²) in [5.74, 6) is -4.23. The van der Waals surface area contributed by atoms with Crippen LogP contribution >= 0.6 is 7.37 Å². The third-order valence-electron chi connectivity index (χ3n) is 4.95. The summed E-state index contributed by atoms with van der Waals surface area (Å²) < 4.78 is 27.1. The number of esters is 2. The molecule has 0 bridgehead atoms. The van der Waals surface area contributed by atoms with E-state index >= 15 is 0 Å². The second kappa shape index (κ2) is 11.3. The Morgan fingerprint density at radius 1 is 1.23 bits per heavy atom. The van der Waals surface area contributed by atoms with Gasteiger partial charge < -0.3 is 29.5 Å². The topological polar surface area (TPSA) is 148 Å². The minimum atomic E-state index is -4.14. The van der Waals surface area contributed by atoms with E-state index in [0.717, 1.165) is 12.7 Å². The zero-order valence-electron chi connectivity index (χ0n) is 17.4. The van der Waals surface area contributed by atoms with E-state index in [1.54, 1.807) is 31.2 Å². The van der Waals surface area contributed by atoms with Crippen LogP contribution in [0.2, 0.25) is 0 Å². The highest BCUT2D eigenvalue weighted by atomic mass is 31.2. The zero-order chi connectivity index (χ0) is 23.0. The monoisotopic (exact) mass is 457 g/mol. The number of aliphatic hydroxyl groups excluding tert-OH is 1. The van der Waals surface area contributed by atoms with Crippen molar-refractivity contribution in [2.45, 2.75) is 38.3 Å². The second-order valence-corrected chi connectivity index (χ2v) is 9.71. The fourth-order valence-electron chi connectivity index (χ4n) is 3.11. The maximum atomic E-state index is 12.6. The van der Waals surface area contributed by atoms with Gasteiger partial charge in [0.15, 0.2) is 0 Å². The summed E-state index contributed by atoms with van der Waals surface area (Å²) in [6, 6.07) is 7.66. The fraction of sp³-hybridized carbons (Fsp3) is 0.550. The van der Waals surface area contributed by atoms with Crippen molar-refractivity contribution in [2.75, 3.05) is 19.9 Å². The Hall–Kier alpha value is -2.42. The van der Waals surface area contributed by atoms with Gasteiger partial charge in [0.1, 0.15) is 18.5 Å². The van der Waals surface area contributed by atoms with Gasteiger partial charge in [0, 0.05) is 12.1 Å². The molecule has 11 heteroatoms. The molecule has 0 radical (unpaired) electrons. The fourth-order valence-corrected chi connectivity index (χ4v) is 4.93. The number of amides is 1. The van der Waals surface area contributed by atoms with E-state index in [4.69, 9.17) is 9.47 Å². The minimum Gasteiger partial charge on any atom is -0.467 e. The molecule has 1 saturated carbocycles. The molecule has 1 aliphatic carbocycles. The number of ether oxygens (including phenoxy) is 3. The number of carbonyl (C=O) groups is 3. The molecule has 10 nitrogen and oxygen atoms in total. The predicted octanol–water partition coefficient (Wildman–Crippen LogP) is 1.63. The molecule has 1 fully saturated rings. The number of rotatable bonds is 11. The molecule has 3 N–H and O–H groups in total. The summed E-state index contributed by atoms with van der Waals surface area (Å²) in [6.07, 6.45) is -1.35. The summed E-state index contributed by atoms with van der Waals surface area (Å²) in [6.45, 7) is 1.81. The van der Waals surface area contributed by atoms with E-state index in [9.17, 15) is 28.9 Å². The van der Waals surface area contributed by atoms with Crippen LogP contribution in [0.4, 0.5) is 4.79 Å². The van der Waals surface area contributed by atoms with Gasteiger partial charge in [-0.05, 0) is 25.3 Å². The van der Waals surface area contributed by atoms with Gasteiger partial charge in [-0.2, -0.15) is 0 Å². The lowest BCUT2D eigenvalue weighted by atomic mass is 10.2. The number of hydrogen-bond donors (Lipinski definition) is 3. The molecular formula is C20H28NO9P. The van der Waals surface area contributed by atoms with Crippen LogP contribution in [0, 0.1) is 11.8 Å². The summed E-state index contributed by atoms with van der Waals surface area (Å²) in [5.41, 5.74) is 0.746. The van der Waals surface area contributed by atoms with Crippen molar-refractivity contribution in [1.82, 2.24) is 5.32 Å². The summed E-state index contributed by atoms with van der Waals surface area (Å²) >= 11 is 0. The number of benzene rings is 1. The van der Waals surface area contributed by atoms with Crippen LogP contribution in [0.1, 0.15) is 25.3 Å². The van der Waals surface area contributed by atoms with Gasteiger partial charge >= 0.3 is 18.0 Å². The molecule has 31 heavy (non-hydrogen) atoms. The lowest BCUT2D eigenvalue weighted by Crippen LogP contribution is -2.42. The number of methoxy groups -OCH3 is 1. The highest BCUT2D eigenvalue weighted by molar-refractivity contribution is 7.58. The average Bonchev–Trinajstić information content (AvgIpc) is 3.56. The largest absolute Gasteiger partial charge is 0.467 e. The number of aliphatic hydroxyl groups is 1. The first-order chi connectivity index (χ1) is 14.7. The quantitative estimate of drug-likeness (QED) is 0.256. The van der Waals surface area contributed by atoms with Crippen LogP contribution in [0.5, 0.6) is 0 Å². The normalized spacial score (nSPS) is 21.2. The first-order valence-electron chi connectivity index (χ1n) is 9.90. The van der Waals surface area contributed by atoms with Crippen LogP contribution in [0.3, 0.4) is 0 Å². The van der Waals surface area contributed by atoms with Crippen molar-refractivity contribution in [2.24, 2.45) is 11.8 Å². The summed E-state index contributed by atoms with van der Waals surface area (Å²) in [4.78, 5) is 46.0. The first kappa shape index (κ1) is 24.8. The van der Waals surface area contributed by atoms with Gasteiger partial charge in [0.05, 0.1) is 19.6 Å². The van der Waals surface area contributed by atoms with Gasteiger partial charge in [-0.15, -0.1) is 0 Å². The van der Waals surface area contributed by atoms with Crippen molar-refractivity contribution >= 4 is 25.4 Å². The van der Waals surface area contributed by atoms with Gasteiger partial charge in [-0.3, -0.25) is 9.36 Å². The Kier molecular flexibility index (Phi) is 9.03. The molecule has 0 saturated heterocycles. The number of hydrogen-bond acceptors (Lipinski definition) is 8. The molecule has 0 heterocycles. The molecule has 1 aliphatic rings. The van der Waals surface area contributed by atoms with Crippen LogP contribution < -0.4 is 5.32 Å². The summed E-state index contributed by atoms with van der Waals surface area (Å²) in [7, 11) is -3.02. The lowest BCUT2D eigenvalue weighted by molar-refractivity contribution is -0.145. The summed E-state index contributed by atoms with van der Waals surface area (Å²) in [5, 5.41) is 12.6. The zero-order valence-corrected chi connectivity index (χ0v) is 18.3. The first-order valence-corrected chi connectivity index (χ1v) is 11.8. The molecule has 0 spiro atoms. The van der Waals surface area contributed by atoms with E-state index < -0.39 is 55.3 Å². The van der Waals surface area contributed by atoms with E-state index in [1.807, 2.05) is 6.07 Å². The Bertz CT molecular complexity index is 816. The minimum absolute atomic E-state index is 0.0191. The Morgan fingerprint density at radius 2 is 1.90 bits per heavy atom. The van der Waals surface area contributed by atoms with Crippen molar-refractivity contribution < 1.29 is 43.2 Å². The Morgan fingerprint density at radius 3 is 2.52 bits per heavy atom. The number of alkyl carbamates (subject to hydrolysis) is 1. The molecule has 1 amide bonds. The molecule has 0 aliphatic heterocycles. The lowest BCUT2D eigenvalue weighted by Gasteiger charge is -2.21. The molecule has 0 aromatic heterocycles. The van der Waals surface area contributed by atoms with Gasteiger partial charge in [0.2, 0.25) is 7.37 Å². The maximum Gasteiger partial charge on any atom is 0.408 e. The molecule has 1 aromatic rings. The number of nitrogens with one attached hydrogen (secondary N) is 1. The Labute approximate surface area is 180 Å². The predicted molar refractivity (Wildman–Crippen MR) is 109 cm³/mol. The molecule has 1 aromatic carbocycles. The van der Waals surface area contributed by atoms with Crippen LogP contribution in [0.25, 0.3) is 0 Å². The van der Waals surface area contributed by atoms with Crippen LogP contribution in [0.15, 0.2) is 30.3 Å². The smallest absolute Gasteiger partial charge is 0.408 e. The van der Waals surface area contributed by atoms with Gasteiger partial charge in [0.25, 0.3) is 0 Å². The van der Waals surface area contributed by atoms with Crippen molar-refractivity contribution in [1.29, 1.82) is 0 Å². The standard InChI is InChI=1S/C20H28NO9P/c1-3-29-17(22)14-11-15(14)19(24)31(26,27)10-9-16(18(23)28-2)21-20(25)30-12-13-7-5-4-6-8-13/h4-8,14-16,19,24H,3,9-12H2,1-2H3,(H,21,25)(H,26,27)/t14?,15?,16-,19?/m0/s1. The average molecular weight is 457 g/mol. The maximum absolute atomic E-state index is 12.6. The highest BCUT2D eigenvalue weighted by Crippen LogP contribution is 2.57. The van der Waals surface area contributed by atoms with E-state index in [0.29, 0.717) is 0 Å². The van der Waals surface area contributed by atoms with Crippen molar-refractivity contribution in [3.8, 4) is 0 Å². The van der Waals surface area contributed by atoms with Crippen LogP contribution in [-0.2, 0) is 35.0 Å². The van der Waals surface area contributed by atoms with Gasteiger partial charge in [-0.1, -0.05) is 30.3 Å². The molecule has 4 unspecified atom stereocenters. The van der Waals surface area contributed by atoms with E-state index in [1.165, 1.54) is 0 Å². The van der Waals surface area contributed by atoms with E-state index in [2.05, 4.69) is 10.1 Å². The third-order valence-corrected chi connectivity index (χ3v) is 7.06. The number of carbonyl (C=O) groups excluding carboxylic acids is 3. The molecular weight excluding hydrogens is 429 g/mol. The molecule has 5 atom stereocenters.